The number of aryl methyl sites for hydroxylation is 1. The third-order valence-corrected chi connectivity index (χ3v) is 4.67. The van der Waals surface area contributed by atoms with Gasteiger partial charge >= 0.3 is 0 Å². The highest BCUT2D eigenvalue weighted by molar-refractivity contribution is 6.32. The molecule has 136 valence electrons. The van der Waals surface area contributed by atoms with E-state index in [2.05, 4.69) is 10.3 Å². The lowest BCUT2D eigenvalue weighted by molar-refractivity contribution is 0.0976. The topological polar surface area (TPSA) is 63.4 Å². The fourth-order valence-electron chi connectivity index (χ4n) is 3.08. The number of ketones is 1. The van der Waals surface area contributed by atoms with Crippen LogP contribution in [0.4, 0.5) is 5.69 Å². The normalized spacial score (nSPS) is 12.0. The van der Waals surface area contributed by atoms with Crippen LogP contribution in [-0.4, -0.2) is 31.0 Å². The summed E-state index contributed by atoms with van der Waals surface area (Å²) >= 11 is 6.21. The van der Waals surface area contributed by atoms with Gasteiger partial charge in [-0.1, -0.05) is 29.8 Å². The summed E-state index contributed by atoms with van der Waals surface area (Å²) in [6, 6.07) is 10.7. The predicted molar refractivity (Wildman–Crippen MR) is 105 cm³/mol. The lowest BCUT2D eigenvalue weighted by Crippen LogP contribution is -2.26. The second-order valence-electron chi connectivity index (χ2n) is 6.09. The number of methoxy groups -OCH3 is 2. The van der Waals surface area contributed by atoms with Crippen LogP contribution in [0.15, 0.2) is 36.4 Å². The number of H-pyrrole nitrogens is 1. The number of nitrogens with one attached hydrogen (secondary N) is 2. The van der Waals surface area contributed by atoms with Gasteiger partial charge in [0, 0.05) is 28.2 Å². The van der Waals surface area contributed by atoms with E-state index in [0.717, 1.165) is 16.6 Å². The van der Waals surface area contributed by atoms with Crippen molar-refractivity contribution >= 4 is 34.0 Å². The molecule has 2 N–H and O–H groups in total. The molecule has 2 aromatic carbocycles. The number of carbonyl (C=O) groups is 1. The van der Waals surface area contributed by atoms with Crippen LogP contribution in [0.5, 0.6) is 11.5 Å². The number of benzene rings is 2. The van der Waals surface area contributed by atoms with E-state index in [1.165, 1.54) is 0 Å². The molecule has 6 heteroatoms. The van der Waals surface area contributed by atoms with Crippen molar-refractivity contribution in [2.45, 2.75) is 19.9 Å². The fraction of sp³-hybridized carbons (Fsp3) is 0.250. The van der Waals surface area contributed by atoms with E-state index < -0.39 is 6.04 Å². The summed E-state index contributed by atoms with van der Waals surface area (Å²) in [7, 11) is 3.10. The van der Waals surface area contributed by atoms with Gasteiger partial charge in [-0.15, -0.1) is 0 Å². The summed E-state index contributed by atoms with van der Waals surface area (Å²) in [6.45, 7) is 3.73. The van der Waals surface area contributed by atoms with Gasteiger partial charge in [0.1, 0.15) is 11.5 Å². The first-order chi connectivity index (χ1) is 12.5. The molecule has 0 saturated carbocycles. The molecule has 1 atom stereocenters. The van der Waals surface area contributed by atoms with Crippen molar-refractivity contribution in [3.05, 3.63) is 52.7 Å². The minimum atomic E-state index is -0.466. The molecular formula is C20H21ClN2O3. The van der Waals surface area contributed by atoms with E-state index in [1.54, 1.807) is 26.4 Å². The number of ether oxygens (including phenoxy) is 2. The fourth-order valence-corrected chi connectivity index (χ4v) is 3.32. The Hall–Kier alpha value is -2.66. The minimum Gasteiger partial charge on any atom is -0.495 e. The molecule has 0 amide bonds. The first-order valence-corrected chi connectivity index (χ1v) is 8.63. The van der Waals surface area contributed by atoms with Gasteiger partial charge in [0.05, 0.1) is 31.0 Å². The van der Waals surface area contributed by atoms with Crippen molar-refractivity contribution < 1.29 is 14.3 Å². The Bertz CT molecular complexity index is 965. The average Bonchev–Trinajstić information content (AvgIpc) is 2.97. The van der Waals surface area contributed by atoms with Crippen molar-refractivity contribution in [2.75, 3.05) is 19.5 Å². The number of aromatic amines is 1. The van der Waals surface area contributed by atoms with Gasteiger partial charge < -0.3 is 19.8 Å². The van der Waals surface area contributed by atoms with Crippen molar-refractivity contribution in [3.63, 3.8) is 0 Å². The molecule has 3 rings (SSSR count). The smallest absolute Gasteiger partial charge is 0.187 e. The van der Waals surface area contributed by atoms with Gasteiger partial charge in [0.15, 0.2) is 5.78 Å². The van der Waals surface area contributed by atoms with Gasteiger partial charge in [0.2, 0.25) is 0 Å². The molecule has 5 nitrogen and oxygen atoms in total. The molecular weight excluding hydrogens is 352 g/mol. The maximum Gasteiger partial charge on any atom is 0.187 e. The Morgan fingerprint density at radius 1 is 1.15 bits per heavy atom. The second-order valence-corrected chi connectivity index (χ2v) is 6.50. The molecule has 26 heavy (non-hydrogen) atoms. The summed E-state index contributed by atoms with van der Waals surface area (Å²) in [5.41, 5.74) is 3.13. The van der Waals surface area contributed by atoms with Crippen molar-refractivity contribution in [3.8, 4) is 11.5 Å². The zero-order valence-electron chi connectivity index (χ0n) is 15.1. The highest BCUT2D eigenvalue weighted by Crippen LogP contribution is 2.36. The van der Waals surface area contributed by atoms with Gasteiger partial charge in [-0.3, -0.25) is 4.79 Å². The standard InChI is InChI=1S/C20H21ClN2O3/c1-11-19(13-7-5-6-8-15(13)22-11)20(24)12(2)23-16-9-14(21)17(25-3)10-18(16)26-4/h5-10,12,22-23H,1-4H3. The Balaban J connectivity index is 1.92. The molecule has 0 bridgehead atoms. The Labute approximate surface area is 157 Å². The lowest BCUT2D eigenvalue weighted by Gasteiger charge is -2.18. The van der Waals surface area contributed by atoms with Crippen LogP contribution in [0.25, 0.3) is 10.9 Å². The van der Waals surface area contributed by atoms with Crippen LogP contribution in [0, 0.1) is 6.92 Å². The Morgan fingerprint density at radius 2 is 1.85 bits per heavy atom. The van der Waals surface area contributed by atoms with Gasteiger partial charge in [0.25, 0.3) is 0 Å². The SMILES string of the molecule is COc1cc(OC)c(NC(C)C(=O)c2c(C)[nH]c3ccccc23)cc1Cl. The number of aromatic nitrogens is 1. The third-order valence-electron chi connectivity index (χ3n) is 4.38. The first-order valence-electron chi connectivity index (χ1n) is 8.25. The number of fused-ring (bicyclic) bond motifs is 1. The highest BCUT2D eigenvalue weighted by atomic mass is 35.5. The summed E-state index contributed by atoms with van der Waals surface area (Å²) in [4.78, 5) is 16.3. The Morgan fingerprint density at radius 3 is 2.54 bits per heavy atom. The number of hydrogen-bond acceptors (Lipinski definition) is 4. The van der Waals surface area contributed by atoms with E-state index in [0.29, 0.717) is 27.8 Å². The molecule has 0 aliphatic rings. The number of anilines is 1. The summed E-state index contributed by atoms with van der Waals surface area (Å²) in [6.07, 6.45) is 0. The molecule has 1 heterocycles. The van der Waals surface area contributed by atoms with Crippen molar-refractivity contribution in [2.24, 2.45) is 0 Å². The van der Waals surface area contributed by atoms with Crippen LogP contribution < -0.4 is 14.8 Å². The van der Waals surface area contributed by atoms with E-state index >= 15 is 0 Å². The van der Waals surface area contributed by atoms with E-state index in [-0.39, 0.29) is 5.78 Å². The van der Waals surface area contributed by atoms with E-state index in [1.807, 2.05) is 38.1 Å². The summed E-state index contributed by atoms with van der Waals surface area (Å²) in [5.74, 6) is 1.07. The molecule has 0 spiro atoms. The minimum absolute atomic E-state index is 0.00561. The van der Waals surface area contributed by atoms with Crippen LogP contribution in [0.1, 0.15) is 23.0 Å². The van der Waals surface area contributed by atoms with Crippen LogP contribution in [0.3, 0.4) is 0 Å². The largest absolute Gasteiger partial charge is 0.495 e. The summed E-state index contributed by atoms with van der Waals surface area (Å²) in [5, 5.41) is 4.57. The second kappa shape index (κ2) is 7.30. The number of rotatable bonds is 6. The van der Waals surface area contributed by atoms with Gasteiger partial charge in [-0.25, -0.2) is 0 Å². The Kier molecular flexibility index (Phi) is 5.09. The number of halogens is 1. The molecule has 0 saturated heterocycles. The van der Waals surface area contributed by atoms with Crippen molar-refractivity contribution in [1.82, 2.24) is 4.98 Å². The number of carbonyl (C=O) groups excluding carboxylic acids is 1. The predicted octanol–water partition coefficient (Wildman–Crippen LogP) is 4.83. The zero-order valence-corrected chi connectivity index (χ0v) is 15.9. The molecule has 0 fully saturated rings. The third kappa shape index (κ3) is 3.22. The first kappa shape index (κ1) is 18.1. The summed E-state index contributed by atoms with van der Waals surface area (Å²) < 4.78 is 10.6. The maximum atomic E-state index is 13.1. The quantitative estimate of drug-likeness (QED) is 0.608. The zero-order chi connectivity index (χ0) is 18.8. The maximum absolute atomic E-state index is 13.1. The van der Waals surface area contributed by atoms with E-state index in [9.17, 15) is 4.79 Å². The van der Waals surface area contributed by atoms with Crippen LogP contribution in [-0.2, 0) is 0 Å². The average molecular weight is 373 g/mol. The van der Waals surface area contributed by atoms with Crippen molar-refractivity contribution in [1.29, 1.82) is 0 Å². The molecule has 1 unspecified atom stereocenters. The molecule has 3 aromatic rings. The van der Waals surface area contributed by atoms with Gasteiger partial charge in [-0.05, 0) is 26.0 Å². The number of para-hydroxylation sites is 1. The lowest BCUT2D eigenvalue weighted by atomic mass is 10.0. The number of hydrogen-bond donors (Lipinski definition) is 2. The molecule has 0 aliphatic heterocycles. The molecule has 0 aliphatic carbocycles. The van der Waals surface area contributed by atoms with E-state index in [4.69, 9.17) is 21.1 Å². The van der Waals surface area contributed by atoms with Crippen LogP contribution in [0.2, 0.25) is 5.02 Å². The molecule has 1 aromatic heterocycles. The van der Waals surface area contributed by atoms with Crippen LogP contribution >= 0.6 is 11.6 Å². The molecule has 0 radical (unpaired) electrons. The number of Topliss-reactive ketones (excluding diaryl/α,β-unsaturated/α-hetero) is 1. The highest BCUT2D eigenvalue weighted by Gasteiger charge is 2.22. The monoisotopic (exact) mass is 372 g/mol. The van der Waals surface area contributed by atoms with Gasteiger partial charge in [-0.2, -0.15) is 0 Å².